The highest BCUT2D eigenvalue weighted by atomic mass is 16.3. The number of hydrogen-bond donors (Lipinski definition) is 2. The van der Waals surface area contributed by atoms with Gasteiger partial charge in [0.1, 0.15) is 5.75 Å². The van der Waals surface area contributed by atoms with E-state index in [2.05, 4.69) is 5.32 Å². The number of anilines is 1. The molecule has 70 valence electrons. The molecule has 0 aromatic heterocycles. The second kappa shape index (κ2) is 3.94. The number of phenolic OH excluding ortho intramolecular Hbond substituents is 1. The minimum Gasteiger partial charge on any atom is -0.508 e. The SMILES string of the molecule is CCC(=O)Nc1cc(C)cc(O)c1. The number of benzene rings is 1. The number of rotatable bonds is 2. The Balaban J connectivity index is 2.83. The zero-order valence-corrected chi connectivity index (χ0v) is 7.79. The lowest BCUT2D eigenvalue weighted by Gasteiger charge is -2.04. The van der Waals surface area contributed by atoms with Crippen molar-refractivity contribution >= 4 is 11.6 Å². The predicted octanol–water partition coefficient (Wildman–Crippen LogP) is 2.05. The van der Waals surface area contributed by atoms with Crippen LogP contribution in [-0.2, 0) is 4.79 Å². The van der Waals surface area contributed by atoms with Crippen molar-refractivity contribution in [2.75, 3.05) is 5.32 Å². The molecule has 3 heteroatoms. The van der Waals surface area contributed by atoms with Crippen molar-refractivity contribution < 1.29 is 9.90 Å². The Morgan fingerprint density at radius 1 is 1.46 bits per heavy atom. The first-order valence-electron chi connectivity index (χ1n) is 4.22. The lowest BCUT2D eigenvalue weighted by atomic mass is 10.2. The Hall–Kier alpha value is -1.51. The molecule has 1 amide bonds. The summed E-state index contributed by atoms with van der Waals surface area (Å²) in [5, 5.41) is 11.9. The van der Waals surface area contributed by atoms with Crippen LogP contribution in [0.3, 0.4) is 0 Å². The summed E-state index contributed by atoms with van der Waals surface area (Å²) < 4.78 is 0. The molecule has 0 saturated carbocycles. The third-order valence-corrected chi connectivity index (χ3v) is 1.67. The average molecular weight is 179 g/mol. The fourth-order valence-corrected chi connectivity index (χ4v) is 1.08. The van der Waals surface area contributed by atoms with Gasteiger partial charge in [0.05, 0.1) is 0 Å². The van der Waals surface area contributed by atoms with Crippen LogP contribution in [0, 0.1) is 6.92 Å². The van der Waals surface area contributed by atoms with Gasteiger partial charge >= 0.3 is 0 Å². The largest absolute Gasteiger partial charge is 0.508 e. The van der Waals surface area contributed by atoms with Crippen LogP contribution in [0.15, 0.2) is 18.2 Å². The monoisotopic (exact) mass is 179 g/mol. The first-order valence-corrected chi connectivity index (χ1v) is 4.22. The van der Waals surface area contributed by atoms with Gasteiger partial charge in [-0.3, -0.25) is 4.79 Å². The van der Waals surface area contributed by atoms with E-state index in [4.69, 9.17) is 0 Å². The molecule has 0 fully saturated rings. The van der Waals surface area contributed by atoms with Crippen LogP contribution in [0.4, 0.5) is 5.69 Å². The van der Waals surface area contributed by atoms with Crippen molar-refractivity contribution in [3.63, 3.8) is 0 Å². The summed E-state index contributed by atoms with van der Waals surface area (Å²) in [4.78, 5) is 11.0. The Labute approximate surface area is 77.4 Å². The molecule has 13 heavy (non-hydrogen) atoms. The number of carbonyl (C=O) groups is 1. The molecule has 0 radical (unpaired) electrons. The molecular formula is C10H13NO2. The second-order valence-electron chi connectivity index (χ2n) is 2.96. The lowest BCUT2D eigenvalue weighted by molar-refractivity contribution is -0.115. The molecule has 0 atom stereocenters. The second-order valence-corrected chi connectivity index (χ2v) is 2.96. The molecule has 0 heterocycles. The first kappa shape index (κ1) is 9.58. The molecule has 0 aliphatic heterocycles. The van der Waals surface area contributed by atoms with E-state index in [0.717, 1.165) is 5.56 Å². The molecule has 0 spiro atoms. The Bertz CT molecular complexity index is 300. The van der Waals surface area contributed by atoms with E-state index < -0.39 is 0 Å². The van der Waals surface area contributed by atoms with Gasteiger partial charge in [0.2, 0.25) is 5.91 Å². The van der Waals surface area contributed by atoms with Crippen molar-refractivity contribution in [1.82, 2.24) is 0 Å². The number of phenols is 1. The fraction of sp³-hybridized carbons (Fsp3) is 0.300. The van der Waals surface area contributed by atoms with Crippen LogP contribution in [0.5, 0.6) is 5.75 Å². The van der Waals surface area contributed by atoms with Crippen LogP contribution >= 0.6 is 0 Å². The molecule has 1 rings (SSSR count). The molecule has 2 N–H and O–H groups in total. The summed E-state index contributed by atoms with van der Waals surface area (Å²) >= 11 is 0. The van der Waals surface area contributed by atoms with Gasteiger partial charge in [-0.2, -0.15) is 0 Å². The van der Waals surface area contributed by atoms with E-state index in [0.29, 0.717) is 12.1 Å². The van der Waals surface area contributed by atoms with E-state index in [1.165, 1.54) is 6.07 Å². The van der Waals surface area contributed by atoms with Crippen molar-refractivity contribution in [1.29, 1.82) is 0 Å². The zero-order valence-electron chi connectivity index (χ0n) is 7.79. The quantitative estimate of drug-likeness (QED) is 0.730. The van der Waals surface area contributed by atoms with Gasteiger partial charge < -0.3 is 10.4 Å². The number of aryl methyl sites for hydroxylation is 1. The summed E-state index contributed by atoms with van der Waals surface area (Å²) in [6, 6.07) is 4.98. The lowest BCUT2D eigenvalue weighted by Crippen LogP contribution is -2.09. The highest BCUT2D eigenvalue weighted by molar-refractivity contribution is 5.90. The number of aromatic hydroxyl groups is 1. The first-order chi connectivity index (χ1) is 6.11. The van der Waals surface area contributed by atoms with Crippen LogP contribution in [-0.4, -0.2) is 11.0 Å². The molecule has 0 saturated heterocycles. The summed E-state index contributed by atoms with van der Waals surface area (Å²) in [6.45, 7) is 3.65. The normalized spacial score (nSPS) is 9.69. The summed E-state index contributed by atoms with van der Waals surface area (Å²) in [7, 11) is 0. The molecule has 0 aliphatic rings. The molecule has 3 nitrogen and oxygen atoms in total. The maximum absolute atomic E-state index is 11.0. The summed E-state index contributed by atoms with van der Waals surface area (Å²) in [5.41, 5.74) is 1.57. The topological polar surface area (TPSA) is 49.3 Å². The van der Waals surface area contributed by atoms with Gasteiger partial charge in [-0.15, -0.1) is 0 Å². The highest BCUT2D eigenvalue weighted by Crippen LogP contribution is 2.18. The third kappa shape index (κ3) is 2.78. The molecule has 0 aliphatic carbocycles. The van der Waals surface area contributed by atoms with Gasteiger partial charge in [-0.25, -0.2) is 0 Å². The maximum atomic E-state index is 11.0. The van der Waals surface area contributed by atoms with Gasteiger partial charge in [-0.05, 0) is 24.6 Å². The molecular weight excluding hydrogens is 166 g/mol. The van der Waals surface area contributed by atoms with Gasteiger partial charge in [0.15, 0.2) is 0 Å². The van der Waals surface area contributed by atoms with Crippen molar-refractivity contribution in [3.05, 3.63) is 23.8 Å². The number of amides is 1. The van der Waals surface area contributed by atoms with E-state index in [1.54, 1.807) is 13.0 Å². The van der Waals surface area contributed by atoms with Crippen LogP contribution in [0.25, 0.3) is 0 Å². The molecule has 1 aromatic rings. The Morgan fingerprint density at radius 2 is 2.15 bits per heavy atom. The zero-order chi connectivity index (χ0) is 9.84. The standard InChI is InChI=1S/C10H13NO2/c1-3-10(13)11-8-4-7(2)5-9(12)6-8/h4-6,12H,3H2,1-2H3,(H,11,13). The minimum atomic E-state index is -0.0509. The Kier molecular flexibility index (Phi) is 2.90. The van der Waals surface area contributed by atoms with Crippen molar-refractivity contribution in [2.24, 2.45) is 0 Å². The van der Waals surface area contributed by atoms with Gasteiger partial charge in [0, 0.05) is 18.2 Å². The van der Waals surface area contributed by atoms with E-state index >= 15 is 0 Å². The average Bonchev–Trinajstić information content (AvgIpc) is 2.02. The predicted molar refractivity (Wildman–Crippen MR) is 51.8 cm³/mol. The number of hydrogen-bond acceptors (Lipinski definition) is 2. The van der Waals surface area contributed by atoms with Crippen LogP contribution < -0.4 is 5.32 Å². The molecule has 1 aromatic carbocycles. The van der Waals surface area contributed by atoms with Crippen molar-refractivity contribution in [3.8, 4) is 5.75 Å². The summed E-state index contributed by atoms with van der Waals surface area (Å²) in [6.07, 6.45) is 0.439. The minimum absolute atomic E-state index is 0.0509. The number of nitrogens with one attached hydrogen (secondary N) is 1. The van der Waals surface area contributed by atoms with Gasteiger partial charge in [-0.1, -0.05) is 6.92 Å². The van der Waals surface area contributed by atoms with E-state index in [1.807, 2.05) is 13.0 Å². The summed E-state index contributed by atoms with van der Waals surface area (Å²) in [5.74, 6) is 0.122. The van der Waals surface area contributed by atoms with E-state index in [9.17, 15) is 9.90 Å². The van der Waals surface area contributed by atoms with Gasteiger partial charge in [0.25, 0.3) is 0 Å². The van der Waals surface area contributed by atoms with Crippen LogP contribution in [0.1, 0.15) is 18.9 Å². The fourth-order valence-electron chi connectivity index (χ4n) is 1.08. The molecule has 0 bridgehead atoms. The van der Waals surface area contributed by atoms with Crippen LogP contribution in [0.2, 0.25) is 0 Å². The maximum Gasteiger partial charge on any atom is 0.224 e. The Morgan fingerprint density at radius 3 is 2.69 bits per heavy atom. The molecule has 0 unspecified atom stereocenters. The number of carbonyl (C=O) groups excluding carboxylic acids is 1. The smallest absolute Gasteiger partial charge is 0.224 e. The highest BCUT2D eigenvalue weighted by Gasteiger charge is 2.00. The third-order valence-electron chi connectivity index (χ3n) is 1.67. The van der Waals surface area contributed by atoms with E-state index in [-0.39, 0.29) is 11.7 Å². The van der Waals surface area contributed by atoms with Crippen molar-refractivity contribution in [2.45, 2.75) is 20.3 Å².